The number of halogens is 1. The number of aryl methyl sites for hydroxylation is 1. The molecule has 2 aliphatic heterocycles. The van der Waals surface area contributed by atoms with Crippen LogP contribution in [0.15, 0.2) is 65.7 Å². The monoisotopic (exact) mass is 559 g/mol. The van der Waals surface area contributed by atoms with Gasteiger partial charge in [-0.1, -0.05) is 23.7 Å². The summed E-state index contributed by atoms with van der Waals surface area (Å²) in [7, 11) is 0. The lowest BCUT2D eigenvalue weighted by Gasteiger charge is -2.24. The van der Waals surface area contributed by atoms with Crippen LogP contribution in [0.4, 0.5) is 5.69 Å². The summed E-state index contributed by atoms with van der Waals surface area (Å²) >= 11 is 6.23. The summed E-state index contributed by atoms with van der Waals surface area (Å²) in [5.74, 6) is -1.84. The molecule has 3 aromatic carbocycles. The molecule has 1 saturated heterocycles. The van der Waals surface area contributed by atoms with E-state index in [-0.39, 0.29) is 24.0 Å². The van der Waals surface area contributed by atoms with Crippen molar-refractivity contribution in [1.29, 1.82) is 0 Å². The van der Waals surface area contributed by atoms with E-state index in [4.69, 9.17) is 16.6 Å². The number of likely N-dealkylation sites (tertiary alicyclic amines) is 1. The Morgan fingerprint density at radius 2 is 1.77 bits per heavy atom. The van der Waals surface area contributed by atoms with Crippen LogP contribution in [0.2, 0.25) is 5.02 Å². The van der Waals surface area contributed by atoms with Gasteiger partial charge in [-0.2, -0.15) is 0 Å². The van der Waals surface area contributed by atoms with Crippen LogP contribution in [-0.4, -0.2) is 57.7 Å². The molecular weight excluding hydrogens is 530 g/mol. The number of amides is 2. The summed E-state index contributed by atoms with van der Waals surface area (Å²) in [5.41, 5.74) is 4.36. The van der Waals surface area contributed by atoms with Gasteiger partial charge in [0.2, 0.25) is 0 Å². The second-order valence-electron chi connectivity index (χ2n) is 10.3. The second kappa shape index (κ2) is 11.5. The van der Waals surface area contributed by atoms with E-state index in [0.717, 1.165) is 31.5 Å². The minimum absolute atomic E-state index is 0.0274. The molecule has 9 heteroatoms. The van der Waals surface area contributed by atoms with Crippen LogP contribution in [0.3, 0.4) is 0 Å². The van der Waals surface area contributed by atoms with Crippen LogP contribution in [0.5, 0.6) is 5.75 Å². The molecule has 0 spiro atoms. The van der Waals surface area contributed by atoms with Crippen LogP contribution < -0.4 is 5.32 Å². The van der Waals surface area contributed by atoms with E-state index < -0.39 is 17.9 Å². The number of carbonyl (C=O) groups is 3. The largest absolute Gasteiger partial charge is 0.508 e. The number of carbonyl (C=O) groups excluding carboxylic acids is 2. The molecule has 2 heterocycles. The first-order valence-corrected chi connectivity index (χ1v) is 13.7. The fourth-order valence-corrected chi connectivity index (χ4v) is 5.65. The molecule has 206 valence electrons. The third-order valence-electron chi connectivity index (χ3n) is 7.50. The SMILES string of the molecule is Cc1cc(C(=O)NC(Cc2ccc(O)cc2)C2=Nc3ccc(Cl)cc3[C@@H]2CC(=O)O)ccc1C(=O)N1CCCC1. The summed E-state index contributed by atoms with van der Waals surface area (Å²) in [6, 6.07) is 16.2. The molecule has 0 aliphatic carbocycles. The van der Waals surface area contributed by atoms with E-state index in [1.54, 1.807) is 60.7 Å². The number of aromatic hydroxyl groups is 1. The first-order chi connectivity index (χ1) is 19.2. The molecule has 2 amide bonds. The molecule has 0 aromatic heterocycles. The standard InChI is InChI=1S/C31H30ClN3O5/c1-18-14-20(6-10-23(18)31(40)35-12-2-3-13-35)30(39)34-27(15-19-4-8-22(36)9-5-19)29-25(17-28(37)38)24-16-21(32)7-11-26(24)33-29/h4-11,14,16,25,27,36H,2-3,12-13,15,17H2,1H3,(H,34,39)(H,37,38)/t25-,27?/m0/s1. The van der Waals surface area contributed by atoms with Crippen LogP contribution in [-0.2, 0) is 11.2 Å². The smallest absolute Gasteiger partial charge is 0.304 e. The fraction of sp³-hybridized carbons (Fsp3) is 0.290. The molecule has 2 atom stereocenters. The molecule has 40 heavy (non-hydrogen) atoms. The van der Waals surface area contributed by atoms with Gasteiger partial charge in [0.25, 0.3) is 11.8 Å². The number of nitrogens with one attached hydrogen (secondary N) is 1. The Labute approximate surface area is 237 Å². The first-order valence-electron chi connectivity index (χ1n) is 13.3. The highest BCUT2D eigenvalue weighted by molar-refractivity contribution is 6.30. The van der Waals surface area contributed by atoms with Crippen molar-refractivity contribution < 1.29 is 24.6 Å². The van der Waals surface area contributed by atoms with Gasteiger partial charge in [-0.3, -0.25) is 19.4 Å². The zero-order valence-electron chi connectivity index (χ0n) is 22.1. The number of rotatable bonds is 8. The van der Waals surface area contributed by atoms with Crippen molar-refractivity contribution in [2.24, 2.45) is 4.99 Å². The van der Waals surface area contributed by atoms with E-state index in [0.29, 0.717) is 45.1 Å². The number of aliphatic imine (C=N–C) groups is 1. The molecule has 2 aliphatic rings. The number of hydrogen-bond donors (Lipinski definition) is 3. The number of phenols is 1. The van der Waals surface area contributed by atoms with Crippen molar-refractivity contribution >= 4 is 40.8 Å². The Morgan fingerprint density at radius 3 is 2.45 bits per heavy atom. The number of carboxylic acids is 1. The maximum absolute atomic E-state index is 13.6. The molecule has 0 bridgehead atoms. The van der Waals surface area contributed by atoms with Gasteiger partial charge >= 0.3 is 5.97 Å². The number of phenolic OH excluding ortho intramolecular Hbond substituents is 1. The number of aliphatic carboxylic acids is 1. The third kappa shape index (κ3) is 5.87. The van der Waals surface area contributed by atoms with Crippen molar-refractivity contribution in [3.63, 3.8) is 0 Å². The van der Waals surface area contributed by atoms with Crippen molar-refractivity contribution in [1.82, 2.24) is 10.2 Å². The average molecular weight is 560 g/mol. The predicted octanol–water partition coefficient (Wildman–Crippen LogP) is 5.28. The van der Waals surface area contributed by atoms with Gasteiger partial charge in [0.05, 0.1) is 18.2 Å². The van der Waals surface area contributed by atoms with E-state index >= 15 is 0 Å². The van der Waals surface area contributed by atoms with E-state index in [1.165, 1.54) is 0 Å². The van der Waals surface area contributed by atoms with Crippen LogP contribution >= 0.6 is 11.6 Å². The fourth-order valence-electron chi connectivity index (χ4n) is 5.47. The van der Waals surface area contributed by atoms with Gasteiger partial charge in [0, 0.05) is 40.9 Å². The van der Waals surface area contributed by atoms with Gasteiger partial charge in [-0.05, 0) is 91.4 Å². The second-order valence-corrected chi connectivity index (χ2v) is 10.8. The molecule has 3 N–H and O–H groups in total. The lowest BCUT2D eigenvalue weighted by molar-refractivity contribution is -0.137. The number of nitrogens with zero attached hydrogens (tertiary/aromatic N) is 2. The third-order valence-corrected chi connectivity index (χ3v) is 7.74. The maximum Gasteiger partial charge on any atom is 0.304 e. The Bertz CT molecular complexity index is 1500. The van der Waals surface area contributed by atoms with E-state index in [9.17, 15) is 24.6 Å². The molecule has 0 radical (unpaired) electrons. The molecule has 3 aromatic rings. The Kier molecular flexibility index (Phi) is 7.89. The zero-order valence-corrected chi connectivity index (χ0v) is 22.8. The molecule has 8 nitrogen and oxygen atoms in total. The van der Waals surface area contributed by atoms with Crippen LogP contribution in [0.25, 0.3) is 0 Å². The Hall–Kier alpha value is -4.17. The highest BCUT2D eigenvalue weighted by atomic mass is 35.5. The summed E-state index contributed by atoms with van der Waals surface area (Å²) in [5, 5.41) is 23.0. The van der Waals surface area contributed by atoms with Gasteiger partial charge in [0.1, 0.15) is 5.75 Å². The molecule has 1 unspecified atom stereocenters. The van der Waals surface area contributed by atoms with Crippen LogP contribution in [0.1, 0.15) is 62.6 Å². The lowest BCUT2D eigenvalue weighted by Crippen LogP contribution is -2.44. The topological polar surface area (TPSA) is 119 Å². The average Bonchev–Trinajstić information content (AvgIpc) is 3.58. The highest BCUT2D eigenvalue weighted by Crippen LogP contribution is 2.40. The zero-order chi connectivity index (χ0) is 28.4. The lowest BCUT2D eigenvalue weighted by atomic mass is 9.86. The normalized spacial score (nSPS) is 16.8. The summed E-state index contributed by atoms with van der Waals surface area (Å²) in [4.78, 5) is 44.9. The maximum atomic E-state index is 13.6. The van der Waals surface area contributed by atoms with Crippen molar-refractivity contribution in [3.8, 4) is 5.75 Å². The molecule has 0 saturated carbocycles. The van der Waals surface area contributed by atoms with Gasteiger partial charge in [0.15, 0.2) is 0 Å². The minimum atomic E-state index is -0.992. The molecular formula is C31H30ClN3O5. The van der Waals surface area contributed by atoms with Crippen molar-refractivity contribution in [3.05, 3.63) is 93.5 Å². The van der Waals surface area contributed by atoms with Gasteiger partial charge in [-0.15, -0.1) is 0 Å². The van der Waals surface area contributed by atoms with Crippen molar-refractivity contribution in [2.45, 2.75) is 44.6 Å². The predicted molar refractivity (Wildman–Crippen MR) is 153 cm³/mol. The Balaban J connectivity index is 1.45. The summed E-state index contributed by atoms with van der Waals surface area (Å²) in [6.45, 7) is 3.30. The summed E-state index contributed by atoms with van der Waals surface area (Å²) in [6.07, 6.45) is 2.11. The quantitative estimate of drug-likeness (QED) is 0.347. The van der Waals surface area contributed by atoms with Gasteiger partial charge < -0.3 is 20.4 Å². The highest BCUT2D eigenvalue weighted by Gasteiger charge is 2.35. The number of benzene rings is 3. The molecule has 1 fully saturated rings. The molecule has 5 rings (SSSR count). The van der Waals surface area contributed by atoms with Gasteiger partial charge in [-0.25, -0.2) is 0 Å². The number of carboxylic acid groups (broad SMARTS) is 1. The van der Waals surface area contributed by atoms with E-state index in [2.05, 4.69) is 5.32 Å². The Morgan fingerprint density at radius 1 is 1.05 bits per heavy atom. The summed E-state index contributed by atoms with van der Waals surface area (Å²) < 4.78 is 0. The number of fused-ring (bicyclic) bond motifs is 1. The van der Waals surface area contributed by atoms with Crippen LogP contribution in [0, 0.1) is 6.92 Å². The van der Waals surface area contributed by atoms with E-state index in [1.807, 2.05) is 11.8 Å². The minimum Gasteiger partial charge on any atom is -0.508 e. The number of hydrogen-bond acceptors (Lipinski definition) is 5. The first kappa shape index (κ1) is 27.4. The van der Waals surface area contributed by atoms with Crippen molar-refractivity contribution in [2.75, 3.05) is 13.1 Å².